The Bertz CT molecular complexity index is 651. The maximum atomic E-state index is 10.1. The first-order valence-corrected chi connectivity index (χ1v) is 7.74. The zero-order valence-electron chi connectivity index (χ0n) is 10.7. The van der Waals surface area contributed by atoms with Gasteiger partial charge in [0.25, 0.3) is 0 Å². The van der Waals surface area contributed by atoms with Gasteiger partial charge in [-0.05, 0) is 35.7 Å². The predicted molar refractivity (Wildman–Crippen MR) is 78.5 cm³/mol. The lowest BCUT2D eigenvalue weighted by Crippen LogP contribution is -1.97. The van der Waals surface area contributed by atoms with Crippen molar-refractivity contribution in [3.63, 3.8) is 0 Å². The van der Waals surface area contributed by atoms with Crippen molar-refractivity contribution in [1.82, 2.24) is 0 Å². The van der Waals surface area contributed by atoms with Crippen molar-refractivity contribution in [2.24, 2.45) is 0 Å². The molecule has 0 spiro atoms. The number of aromatic hydroxyl groups is 2. The van der Waals surface area contributed by atoms with Gasteiger partial charge in [0.15, 0.2) is 0 Å². The van der Waals surface area contributed by atoms with Crippen LogP contribution in [0.2, 0.25) is 0 Å². The minimum atomic E-state index is 0.259. The zero-order chi connectivity index (χ0) is 13.6. The minimum absolute atomic E-state index is 0.259. The number of benzene rings is 2. The van der Waals surface area contributed by atoms with Crippen molar-refractivity contribution < 1.29 is 10.2 Å². The van der Waals surface area contributed by atoms with Gasteiger partial charge in [-0.1, -0.05) is 43.4 Å². The van der Waals surface area contributed by atoms with Gasteiger partial charge < -0.3 is 10.2 Å². The van der Waals surface area contributed by atoms with Gasteiger partial charge in [-0.3, -0.25) is 0 Å². The molecule has 2 aromatic rings. The van der Waals surface area contributed by atoms with Crippen LogP contribution in [0.15, 0.2) is 49.9 Å². The molecule has 2 nitrogen and oxygen atoms in total. The molecule has 3 rings (SSSR count). The summed E-state index contributed by atoms with van der Waals surface area (Å²) >= 11 is 3.19. The monoisotopic (exact) mass is 290 g/mol. The molecule has 0 aromatic heterocycles. The lowest BCUT2D eigenvalue weighted by molar-refractivity contribution is 0.457. The summed E-state index contributed by atoms with van der Waals surface area (Å²) in [6, 6.07) is 9.14. The second-order valence-electron chi connectivity index (χ2n) is 4.82. The first kappa shape index (κ1) is 12.8. The SMILES string of the molecule is CC(C)c1ccc(O)c2c1Sc1ccc(O)cc1S2. The topological polar surface area (TPSA) is 40.5 Å². The Morgan fingerprint density at radius 1 is 0.895 bits per heavy atom. The fourth-order valence-corrected chi connectivity index (χ4v) is 4.69. The first-order valence-electron chi connectivity index (χ1n) is 6.11. The molecule has 19 heavy (non-hydrogen) atoms. The number of phenolic OH excluding ortho intramolecular Hbond substituents is 2. The molecule has 0 saturated carbocycles. The number of fused-ring (bicyclic) bond motifs is 2. The Balaban J connectivity index is 2.15. The maximum Gasteiger partial charge on any atom is 0.130 e. The lowest BCUT2D eigenvalue weighted by Gasteiger charge is -2.23. The average Bonchev–Trinajstić information content (AvgIpc) is 2.37. The third-order valence-electron chi connectivity index (χ3n) is 3.10. The first-order chi connectivity index (χ1) is 9.06. The van der Waals surface area contributed by atoms with Crippen LogP contribution in [0.4, 0.5) is 0 Å². The summed E-state index contributed by atoms with van der Waals surface area (Å²) in [5.74, 6) is 0.988. The molecule has 4 heteroatoms. The van der Waals surface area contributed by atoms with Crippen LogP contribution in [0.5, 0.6) is 11.5 Å². The highest BCUT2D eigenvalue weighted by molar-refractivity contribution is 8.05. The summed E-state index contributed by atoms with van der Waals surface area (Å²) in [4.78, 5) is 4.16. The second-order valence-corrected chi connectivity index (χ2v) is 6.93. The molecular weight excluding hydrogens is 276 g/mol. The van der Waals surface area contributed by atoms with E-state index in [0.717, 1.165) is 19.6 Å². The van der Waals surface area contributed by atoms with E-state index in [2.05, 4.69) is 13.8 Å². The largest absolute Gasteiger partial charge is 0.508 e. The van der Waals surface area contributed by atoms with Gasteiger partial charge in [-0.25, -0.2) is 0 Å². The Morgan fingerprint density at radius 3 is 2.37 bits per heavy atom. The van der Waals surface area contributed by atoms with Crippen LogP contribution in [0, 0.1) is 0 Å². The number of phenols is 2. The van der Waals surface area contributed by atoms with Crippen LogP contribution in [0.3, 0.4) is 0 Å². The molecule has 0 radical (unpaired) electrons. The molecule has 1 heterocycles. The van der Waals surface area contributed by atoms with E-state index in [1.54, 1.807) is 30.0 Å². The molecule has 0 unspecified atom stereocenters. The van der Waals surface area contributed by atoms with E-state index >= 15 is 0 Å². The molecule has 2 N–H and O–H groups in total. The molecule has 1 aliphatic rings. The number of rotatable bonds is 1. The highest BCUT2D eigenvalue weighted by Crippen LogP contribution is 2.54. The van der Waals surface area contributed by atoms with Crippen LogP contribution < -0.4 is 0 Å². The van der Waals surface area contributed by atoms with Gasteiger partial charge in [0.05, 0.1) is 4.90 Å². The molecule has 0 amide bonds. The van der Waals surface area contributed by atoms with E-state index in [-0.39, 0.29) is 5.75 Å². The quantitative estimate of drug-likeness (QED) is 0.673. The van der Waals surface area contributed by atoms with Gasteiger partial charge in [0.2, 0.25) is 0 Å². The van der Waals surface area contributed by atoms with Gasteiger partial charge >= 0.3 is 0 Å². The van der Waals surface area contributed by atoms with Crippen molar-refractivity contribution in [2.75, 3.05) is 0 Å². The van der Waals surface area contributed by atoms with E-state index in [4.69, 9.17) is 0 Å². The number of hydrogen-bond donors (Lipinski definition) is 2. The van der Waals surface area contributed by atoms with E-state index in [0.29, 0.717) is 11.7 Å². The van der Waals surface area contributed by atoms with E-state index in [1.165, 1.54) is 17.3 Å². The Hall–Kier alpha value is -1.26. The van der Waals surface area contributed by atoms with Gasteiger partial charge in [-0.2, -0.15) is 0 Å². The van der Waals surface area contributed by atoms with Crippen LogP contribution in [-0.2, 0) is 0 Å². The maximum absolute atomic E-state index is 10.1. The third kappa shape index (κ3) is 2.19. The predicted octanol–water partition coefficient (Wildman–Crippen LogP) is 4.84. The fourth-order valence-electron chi connectivity index (χ4n) is 2.11. The van der Waals surface area contributed by atoms with Crippen LogP contribution in [-0.4, -0.2) is 10.2 Å². The molecule has 0 atom stereocenters. The molecule has 1 aliphatic heterocycles. The third-order valence-corrected chi connectivity index (χ3v) is 5.75. The summed E-state index contributed by atoms with van der Waals surface area (Å²) < 4.78 is 0. The highest BCUT2D eigenvalue weighted by Gasteiger charge is 2.23. The summed E-state index contributed by atoms with van der Waals surface area (Å²) in [6.07, 6.45) is 0. The standard InChI is InChI=1S/C15H14O2S2/c1-8(2)10-4-5-11(17)15-14(10)18-12-6-3-9(16)7-13(12)19-15/h3-8,16-17H,1-2H3. The molecule has 98 valence electrons. The Morgan fingerprint density at radius 2 is 1.63 bits per heavy atom. The fraction of sp³-hybridized carbons (Fsp3) is 0.200. The van der Waals surface area contributed by atoms with Crippen LogP contribution >= 0.6 is 23.5 Å². The van der Waals surface area contributed by atoms with E-state index in [1.807, 2.05) is 12.1 Å². The molecule has 0 aliphatic carbocycles. The Labute approximate surface area is 120 Å². The lowest BCUT2D eigenvalue weighted by atomic mass is 10.0. The van der Waals surface area contributed by atoms with Crippen LogP contribution in [0.1, 0.15) is 25.3 Å². The molecule has 0 bridgehead atoms. The number of hydrogen-bond acceptors (Lipinski definition) is 4. The van der Waals surface area contributed by atoms with Crippen molar-refractivity contribution in [1.29, 1.82) is 0 Å². The highest BCUT2D eigenvalue weighted by atomic mass is 32.2. The molecule has 0 fully saturated rings. The Kier molecular flexibility index (Phi) is 3.15. The van der Waals surface area contributed by atoms with Crippen LogP contribution in [0.25, 0.3) is 0 Å². The summed E-state index contributed by atoms with van der Waals surface area (Å²) in [5, 5.41) is 19.6. The summed E-state index contributed by atoms with van der Waals surface area (Å²) in [7, 11) is 0. The molecule has 2 aromatic carbocycles. The summed E-state index contributed by atoms with van der Waals surface area (Å²) in [6.45, 7) is 4.31. The molecule has 0 saturated heterocycles. The normalized spacial score (nSPS) is 13.2. The van der Waals surface area contributed by atoms with Crippen molar-refractivity contribution in [2.45, 2.75) is 39.3 Å². The average molecular weight is 290 g/mol. The van der Waals surface area contributed by atoms with E-state index < -0.39 is 0 Å². The van der Waals surface area contributed by atoms with Gasteiger partial charge in [-0.15, -0.1) is 0 Å². The van der Waals surface area contributed by atoms with Gasteiger partial charge in [0.1, 0.15) is 11.5 Å². The van der Waals surface area contributed by atoms with Crippen molar-refractivity contribution >= 4 is 23.5 Å². The zero-order valence-corrected chi connectivity index (χ0v) is 12.3. The summed E-state index contributed by atoms with van der Waals surface area (Å²) in [5.41, 5.74) is 1.25. The molecular formula is C15H14O2S2. The van der Waals surface area contributed by atoms with E-state index in [9.17, 15) is 10.2 Å². The van der Waals surface area contributed by atoms with Crippen molar-refractivity contribution in [3.8, 4) is 11.5 Å². The second kappa shape index (κ2) is 4.69. The van der Waals surface area contributed by atoms with Gasteiger partial charge in [0, 0.05) is 14.7 Å². The minimum Gasteiger partial charge on any atom is -0.508 e. The smallest absolute Gasteiger partial charge is 0.130 e. The van der Waals surface area contributed by atoms with Crippen molar-refractivity contribution in [3.05, 3.63) is 35.9 Å².